The minimum absolute atomic E-state index is 0.0774. The van der Waals surface area contributed by atoms with Crippen molar-refractivity contribution < 1.29 is 9.94 Å². The van der Waals surface area contributed by atoms with Gasteiger partial charge >= 0.3 is 0 Å². The Morgan fingerprint density at radius 3 is 2.74 bits per heavy atom. The summed E-state index contributed by atoms with van der Waals surface area (Å²) in [6, 6.07) is 11.2. The molecule has 0 amide bonds. The van der Waals surface area contributed by atoms with Gasteiger partial charge in [0.15, 0.2) is 11.5 Å². The molecule has 2 aromatic rings. The molecule has 2 rings (SSSR count). The third-order valence-electron chi connectivity index (χ3n) is 2.43. The molecule has 0 radical (unpaired) electrons. The van der Waals surface area contributed by atoms with Crippen molar-refractivity contribution in [2.75, 3.05) is 0 Å². The summed E-state index contributed by atoms with van der Waals surface area (Å²) in [5.41, 5.74) is 6.87. The highest BCUT2D eigenvalue weighted by atomic mass is 79.9. The number of hydrogen-bond donors (Lipinski definition) is 2. The lowest BCUT2D eigenvalue weighted by Crippen LogP contribution is -2.16. The lowest BCUT2D eigenvalue weighted by Gasteiger charge is -2.09. The standard InChI is InChI=1S/C13H12BrN3O2/c14-10-5-3-9(4-6-10)8-19-11-2-1-7-16-12(11)13(15)17-18/h1-7,18H,8H2,(H2,15,17). The van der Waals surface area contributed by atoms with Crippen molar-refractivity contribution in [3.8, 4) is 5.75 Å². The van der Waals surface area contributed by atoms with Gasteiger partial charge in [0.05, 0.1) is 0 Å². The first kappa shape index (κ1) is 13.4. The van der Waals surface area contributed by atoms with Gasteiger partial charge in [0, 0.05) is 10.7 Å². The number of hydrogen-bond acceptors (Lipinski definition) is 4. The average Bonchev–Trinajstić information content (AvgIpc) is 2.46. The maximum Gasteiger partial charge on any atom is 0.192 e. The van der Waals surface area contributed by atoms with Crippen molar-refractivity contribution in [1.29, 1.82) is 0 Å². The van der Waals surface area contributed by atoms with E-state index in [9.17, 15) is 0 Å². The Kier molecular flexibility index (Phi) is 4.35. The van der Waals surface area contributed by atoms with E-state index >= 15 is 0 Å². The molecule has 0 aliphatic carbocycles. The highest BCUT2D eigenvalue weighted by Gasteiger charge is 2.09. The number of nitrogens with two attached hydrogens (primary N) is 1. The molecular formula is C13H12BrN3O2. The summed E-state index contributed by atoms with van der Waals surface area (Å²) in [5.74, 6) is 0.395. The number of pyridine rings is 1. The summed E-state index contributed by atoms with van der Waals surface area (Å²) < 4.78 is 6.65. The van der Waals surface area contributed by atoms with Crippen molar-refractivity contribution in [3.05, 3.63) is 58.3 Å². The van der Waals surface area contributed by atoms with E-state index in [1.807, 2.05) is 24.3 Å². The molecule has 0 aliphatic heterocycles. The molecule has 3 N–H and O–H groups in total. The maximum absolute atomic E-state index is 8.69. The van der Waals surface area contributed by atoms with Crippen LogP contribution in [-0.2, 0) is 6.61 Å². The van der Waals surface area contributed by atoms with E-state index in [1.54, 1.807) is 18.3 Å². The third-order valence-corrected chi connectivity index (χ3v) is 2.96. The Hall–Kier alpha value is -2.08. The van der Waals surface area contributed by atoms with E-state index in [4.69, 9.17) is 15.7 Å². The second-order valence-corrected chi connectivity index (χ2v) is 4.67. The molecule has 0 aliphatic rings. The number of halogens is 1. The van der Waals surface area contributed by atoms with Gasteiger partial charge in [-0.3, -0.25) is 0 Å². The largest absolute Gasteiger partial charge is 0.486 e. The molecule has 1 aromatic carbocycles. The van der Waals surface area contributed by atoms with Crippen LogP contribution in [-0.4, -0.2) is 16.0 Å². The fourth-order valence-corrected chi connectivity index (χ4v) is 1.75. The van der Waals surface area contributed by atoms with E-state index < -0.39 is 0 Å². The van der Waals surface area contributed by atoms with Crippen LogP contribution in [0, 0.1) is 0 Å². The third kappa shape index (κ3) is 3.45. The van der Waals surface area contributed by atoms with Crippen LogP contribution in [0.3, 0.4) is 0 Å². The monoisotopic (exact) mass is 321 g/mol. The Balaban J connectivity index is 2.13. The molecule has 0 unspecified atom stereocenters. The molecular weight excluding hydrogens is 310 g/mol. The van der Waals surface area contributed by atoms with E-state index in [0.717, 1.165) is 10.0 Å². The summed E-state index contributed by atoms with van der Waals surface area (Å²) in [4.78, 5) is 4.03. The van der Waals surface area contributed by atoms with E-state index in [2.05, 4.69) is 26.1 Å². The normalized spacial score (nSPS) is 11.3. The fourth-order valence-electron chi connectivity index (χ4n) is 1.49. The highest BCUT2D eigenvalue weighted by Crippen LogP contribution is 2.17. The van der Waals surface area contributed by atoms with E-state index in [-0.39, 0.29) is 5.84 Å². The minimum Gasteiger partial charge on any atom is -0.486 e. The maximum atomic E-state index is 8.69. The van der Waals surface area contributed by atoms with Crippen LogP contribution >= 0.6 is 15.9 Å². The molecule has 0 atom stereocenters. The van der Waals surface area contributed by atoms with Crippen LogP contribution in [0.2, 0.25) is 0 Å². The van der Waals surface area contributed by atoms with E-state index in [1.165, 1.54) is 0 Å². The van der Waals surface area contributed by atoms with Crippen molar-refractivity contribution in [3.63, 3.8) is 0 Å². The zero-order valence-electron chi connectivity index (χ0n) is 9.95. The van der Waals surface area contributed by atoms with Gasteiger partial charge < -0.3 is 15.7 Å². The smallest absolute Gasteiger partial charge is 0.192 e. The molecule has 0 spiro atoms. The van der Waals surface area contributed by atoms with Gasteiger partial charge in [-0.05, 0) is 29.8 Å². The van der Waals surface area contributed by atoms with Gasteiger partial charge in [0.2, 0.25) is 0 Å². The predicted octanol–water partition coefficient (Wildman–Crippen LogP) is 2.52. The van der Waals surface area contributed by atoms with Gasteiger partial charge in [-0.15, -0.1) is 0 Å². The fraction of sp³-hybridized carbons (Fsp3) is 0.0769. The number of oxime groups is 1. The van der Waals surface area contributed by atoms with Crippen LogP contribution in [0.25, 0.3) is 0 Å². The van der Waals surface area contributed by atoms with Crippen LogP contribution in [0.1, 0.15) is 11.3 Å². The Labute approximate surface area is 118 Å². The average molecular weight is 322 g/mol. The van der Waals surface area contributed by atoms with Crippen molar-refractivity contribution in [1.82, 2.24) is 4.98 Å². The van der Waals surface area contributed by atoms with Gasteiger partial charge in [-0.25, -0.2) is 4.98 Å². The zero-order valence-corrected chi connectivity index (χ0v) is 11.5. The molecule has 19 heavy (non-hydrogen) atoms. The van der Waals surface area contributed by atoms with Crippen LogP contribution in [0.15, 0.2) is 52.2 Å². The predicted molar refractivity (Wildman–Crippen MR) is 75.2 cm³/mol. The summed E-state index contributed by atoms with van der Waals surface area (Å²) in [6.45, 7) is 0.380. The number of benzene rings is 1. The number of amidine groups is 1. The highest BCUT2D eigenvalue weighted by molar-refractivity contribution is 9.10. The molecule has 1 aromatic heterocycles. The molecule has 98 valence electrons. The number of rotatable bonds is 4. The second kappa shape index (κ2) is 6.19. The van der Waals surface area contributed by atoms with Gasteiger partial charge in [-0.2, -0.15) is 0 Å². The Morgan fingerprint density at radius 2 is 2.05 bits per heavy atom. The Bertz CT molecular complexity index is 585. The molecule has 1 heterocycles. The number of aromatic nitrogens is 1. The van der Waals surface area contributed by atoms with E-state index in [0.29, 0.717) is 18.1 Å². The minimum atomic E-state index is -0.0774. The zero-order chi connectivity index (χ0) is 13.7. The van der Waals surface area contributed by atoms with Crippen molar-refractivity contribution >= 4 is 21.8 Å². The molecule has 6 heteroatoms. The van der Waals surface area contributed by atoms with Gasteiger partial charge in [0.1, 0.15) is 12.4 Å². The first-order valence-electron chi connectivity index (χ1n) is 5.51. The number of ether oxygens (including phenoxy) is 1. The van der Waals surface area contributed by atoms with Gasteiger partial charge in [-0.1, -0.05) is 33.2 Å². The summed E-state index contributed by atoms with van der Waals surface area (Å²) in [6.07, 6.45) is 1.56. The van der Waals surface area contributed by atoms with Crippen LogP contribution in [0.4, 0.5) is 0 Å². The summed E-state index contributed by atoms with van der Waals surface area (Å²) >= 11 is 3.37. The topological polar surface area (TPSA) is 80.7 Å². The molecule has 0 bridgehead atoms. The summed E-state index contributed by atoms with van der Waals surface area (Å²) in [7, 11) is 0. The molecule has 5 nitrogen and oxygen atoms in total. The van der Waals surface area contributed by atoms with Crippen LogP contribution in [0.5, 0.6) is 5.75 Å². The van der Waals surface area contributed by atoms with Gasteiger partial charge in [0.25, 0.3) is 0 Å². The first-order valence-corrected chi connectivity index (χ1v) is 6.30. The van der Waals surface area contributed by atoms with Crippen LogP contribution < -0.4 is 10.5 Å². The lowest BCUT2D eigenvalue weighted by atomic mass is 10.2. The SMILES string of the molecule is N/C(=N/O)c1ncccc1OCc1ccc(Br)cc1. The number of nitrogens with zero attached hydrogens (tertiary/aromatic N) is 2. The second-order valence-electron chi connectivity index (χ2n) is 3.75. The summed E-state index contributed by atoms with van der Waals surface area (Å²) in [5, 5.41) is 11.6. The lowest BCUT2D eigenvalue weighted by molar-refractivity contribution is 0.301. The molecule has 0 saturated carbocycles. The quantitative estimate of drug-likeness (QED) is 0.392. The molecule has 0 saturated heterocycles. The van der Waals surface area contributed by atoms with Crippen molar-refractivity contribution in [2.24, 2.45) is 10.9 Å². The molecule has 0 fully saturated rings. The first-order chi connectivity index (χ1) is 9.20. The van der Waals surface area contributed by atoms with Crippen molar-refractivity contribution in [2.45, 2.75) is 6.61 Å². The Morgan fingerprint density at radius 1 is 1.32 bits per heavy atom.